The van der Waals surface area contributed by atoms with Crippen molar-refractivity contribution in [1.82, 2.24) is 5.32 Å². The average molecular weight is 508 g/mol. The number of thiocarbonyl (C=S) groups is 1. The van der Waals surface area contributed by atoms with Crippen LogP contribution in [0.15, 0.2) is 35.9 Å². The number of carbonyl (C=O) groups excluding carboxylic acids is 2. The molecule has 0 spiro atoms. The number of amides is 2. The Bertz CT molecular complexity index is 1050. The second kappa shape index (κ2) is 7.88. The number of ether oxygens (including phenoxy) is 1. The van der Waals surface area contributed by atoms with Gasteiger partial charge in [0.05, 0.1) is 16.4 Å². The third kappa shape index (κ3) is 3.74. The van der Waals surface area contributed by atoms with Crippen LogP contribution in [0.25, 0.3) is 6.08 Å². The van der Waals surface area contributed by atoms with Gasteiger partial charge in [0.15, 0.2) is 16.6 Å². The van der Waals surface area contributed by atoms with Gasteiger partial charge in [0.2, 0.25) is 0 Å². The summed E-state index contributed by atoms with van der Waals surface area (Å²) in [5, 5.41) is 12.6. The number of nitrogens with one attached hydrogen (secondary N) is 1. The van der Waals surface area contributed by atoms with Crippen molar-refractivity contribution in [1.29, 1.82) is 0 Å². The molecular weight excluding hydrogens is 491 g/mol. The Morgan fingerprint density at radius 2 is 1.93 bits per heavy atom. The summed E-state index contributed by atoms with van der Waals surface area (Å²) >= 11 is 7.19. The van der Waals surface area contributed by atoms with E-state index in [9.17, 15) is 14.7 Å². The smallest absolute Gasteiger partial charge is 0.270 e. The Kier molecular flexibility index (Phi) is 5.71. The van der Waals surface area contributed by atoms with Crippen molar-refractivity contribution in [3.05, 3.63) is 56.2 Å². The van der Waals surface area contributed by atoms with Crippen molar-refractivity contribution >= 4 is 63.5 Å². The van der Waals surface area contributed by atoms with Gasteiger partial charge in [0.25, 0.3) is 11.8 Å². The van der Waals surface area contributed by atoms with Gasteiger partial charge in [-0.1, -0.05) is 17.7 Å². The number of rotatable bonds is 3. The quantitative estimate of drug-likeness (QED) is 0.288. The maximum Gasteiger partial charge on any atom is 0.270 e. The molecule has 1 aliphatic heterocycles. The number of hydrogen-bond donors (Lipinski definition) is 2. The highest BCUT2D eigenvalue weighted by Gasteiger charge is 2.35. The normalized spacial score (nSPS) is 15.8. The van der Waals surface area contributed by atoms with Gasteiger partial charge in [-0.3, -0.25) is 19.8 Å². The zero-order valence-electron chi connectivity index (χ0n) is 15.4. The van der Waals surface area contributed by atoms with Gasteiger partial charge in [0.1, 0.15) is 5.57 Å². The monoisotopic (exact) mass is 508 g/mol. The highest BCUT2D eigenvalue weighted by molar-refractivity contribution is 14.1. The molecule has 0 aliphatic carbocycles. The van der Waals surface area contributed by atoms with Crippen molar-refractivity contribution in [2.45, 2.75) is 13.8 Å². The minimum atomic E-state index is -0.571. The molecule has 2 aromatic carbocycles. The molecule has 1 fully saturated rings. The Balaban J connectivity index is 2.08. The van der Waals surface area contributed by atoms with E-state index in [4.69, 9.17) is 17.0 Å². The van der Waals surface area contributed by atoms with Crippen molar-refractivity contribution in [2.24, 2.45) is 0 Å². The van der Waals surface area contributed by atoms with E-state index < -0.39 is 11.8 Å². The van der Waals surface area contributed by atoms with Gasteiger partial charge in [-0.15, -0.1) is 0 Å². The van der Waals surface area contributed by atoms with Gasteiger partial charge in [0, 0.05) is 0 Å². The van der Waals surface area contributed by atoms with Crippen LogP contribution in [0, 0.1) is 17.4 Å². The van der Waals surface area contributed by atoms with E-state index in [0.717, 1.165) is 11.1 Å². The Labute approximate surface area is 181 Å². The number of nitrogens with zero attached hydrogens (tertiary/aromatic N) is 1. The first-order chi connectivity index (χ1) is 13.2. The molecule has 0 aromatic heterocycles. The average Bonchev–Trinajstić information content (AvgIpc) is 2.63. The van der Waals surface area contributed by atoms with Crippen molar-refractivity contribution in [3.8, 4) is 11.5 Å². The van der Waals surface area contributed by atoms with Gasteiger partial charge in [-0.2, -0.15) is 0 Å². The molecule has 6 nitrogen and oxygen atoms in total. The third-order valence-corrected chi connectivity index (χ3v) is 5.38. The zero-order chi connectivity index (χ0) is 20.6. The zero-order valence-corrected chi connectivity index (χ0v) is 18.3. The van der Waals surface area contributed by atoms with Gasteiger partial charge in [-0.05, 0) is 84.1 Å². The number of anilines is 1. The molecule has 8 heteroatoms. The lowest BCUT2D eigenvalue weighted by Gasteiger charge is -2.30. The summed E-state index contributed by atoms with van der Waals surface area (Å²) in [6, 6.07) is 8.83. The van der Waals surface area contributed by atoms with Crippen molar-refractivity contribution < 1.29 is 19.4 Å². The fourth-order valence-corrected chi connectivity index (χ4v) is 3.83. The highest BCUT2D eigenvalue weighted by atomic mass is 127. The Morgan fingerprint density at radius 3 is 2.57 bits per heavy atom. The molecule has 28 heavy (non-hydrogen) atoms. The van der Waals surface area contributed by atoms with E-state index in [2.05, 4.69) is 5.32 Å². The molecule has 0 radical (unpaired) electrons. The molecule has 1 heterocycles. The number of carbonyl (C=O) groups is 2. The summed E-state index contributed by atoms with van der Waals surface area (Å²) in [4.78, 5) is 26.9. The summed E-state index contributed by atoms with van der Waals surface area (Å²) in [6.45, 7) is 3.84. The van der Waals surface area contributed by atoms with Crippen LogP contribution >= 0.6 is 34.8 Å². The molecule has 2 N–H and O–H groups in total. The van der Waals surface area contributed by atoms with Crippen LogP contribution in [0.4, 0.5) is 5.69 Å². The first kappa shape index (κ1) is 20.3. The number of hydrogen-bond acceptors (Lipinski definition) is 5. The Morgan fingerprint density at radius 1 is 1.21 bits per heavy atom. The molecule has 2 aromatic rings. The van der Waals surface area contributed by atoms with E-state index in [-0.39, 0.29) is 22.2 Å². The molecule has 144 valence electrons. The predicted octanol–water partition coefficient (Wildman–Crippen LogP) is 3.45. The van der Waals surface area contributed by atoms with Crippen molar-refractivity contribution in [2.75, 3.05) is 12.0 Å². The maximum absolute atomic E-state index is 13.1. The molecular formula is C20H17IN2O4S. The maximum atomic E-state index is 13.1. The number of phenols is 1. The molecule has 0 unspecified atom stereocenters. The largest absolute Gasteiger partial charge is 0.504 e. The number of aryl methyl sites for hydroxylation is 2. The van der Waals surface area contributed by atoms with E-state index in [1.54, 1.807) is 18.2 Å². The highest BCUT2D eigenvalue weighted by Crippen LogP contribution is 2.33. The van der Waals surface area contributed by atoms with E-state index >= 15 is 0 Å². The topological polar surface area (TPSA) is 78.9 Å². The van der Waals surface area contributed by atoms with Crippen LogP contribution in [0.2, 0.25) is 0 Å². The van der Waals surface area contributed by atoms with Gasteiger partial charge < -0.3 is 9.84 Å². The molecule has 3 rings (SSSR count). The molecule has 0 atom stereocenters. The second-order valence-electron chi connectivity index (χ2n) is 6.30. The van der Waals surface area contributed by atoms with Crippen LogP contribution in [-0.4, -0.2) is 29.1 Å². The fraction of sp³-hybridized carbons (Fsp3) is 0.150. The summed E-state index contributed by atoms with van der Waals surface area (Å²) in [7, 11) is 1.43. The minimum Gasteiger partial charge on any atom is -0.504 e. The summed E-state index contributed by atoms with van der Waals surface area (Å²) in [6.07, 6.45) is 1.46. The summed E-state index contributed by atoms with van der Waals surface area (Å²) in [5.41, 5.74) is 3.03. The van der Waals surface area contributed by atoms with Crippen LogP contribution in [0.5, 0.6) is 11.5 Å². The van der Waals surface area contributed by atoms with Crippen LogP contribution in [0.3, 0.4) is 0 Å². The Hall–Kier alpha value is -2.46. The van der Waals surface area contributed by atoms with Gasteiger partial charge >= 0.3 is 0 Å². The lowest BCUT2D eigenvalue weighted by molar-refractivity contribution is -0.122. The van der Waals surface area contributed by atoms with E-state index in [1.165, 1.54) is 18.1 Å². The van der Waals surface area contributed by atoms with Crippen LogP contribution < -0.4 is 15.0 Å². The second-order valence-corrected chi connectivity index (χ2v) is 7.85. The van der Waals surface area contributed by atoms with E-state index in [1.807, 2.05) is 48.6 Å². The van der Waals surface area contributed by atoms with Crippen molar-refractivity contribution in [3.63, 3.8) is 0 Å². The predicted molar refractivity (Wildman–Crippen MR) is 119 cm³/mol. The first-order valence-corrected chi connectivity index (χ1v) is 9.77. The molecule has 1 saturated heterocycles. The SMILES string of the molecule is COc1cc(/C=C2\C(=O)NC(=S)N(c3ccc(C)cc3C)C2=O)cc(I)c1O. The van der Waals surface area contributed by atoms with Crippen LogP contribution in [0.1, 0.15) is 16.7 Å². The molecule has 0 saturated carbocycles. The number of benzene rings is 2. The standard InChI is InChI=1S/C20H17IN2O4S/c1-10-4-5-15(11(2)6-10)23-19(26)13(18(25)22-20(23)28)7-12-8-14(21)17(24)16(9-12)27-3/h4-9,24H,1-3H3,(H,22,25,28)/b13-7+. The number of aromatic hydroxyl groups is 1. The lowest BCUT2D eigenvalue weighted by atomic mass is 10.0. The first-order valence-electron chi connectivity index (χ1n) is 8.28. The fourth-order valence-electron chi connectivity index (χ4n) is 2.93. The molecule has 2 amide bonds. The lowest BCUT2D eigenvalue weighted by Crippen LogP contribution is -2.54. The number of methoxy groups -OCH3 is 1. The summed E-state index contributed by atoms with van der Waals surface area (Å²) in [5.74, 6) is -0.826. The molecule has 1 aliphatic rings. The van der Waals surface area contributed by atoms with Gasteiger partial charge in [-0.25, -0.2) is 0 Å². The third-order valence-electron chi connectivity index (χ3n) is 4.28. The molecule has 0 bridgehead atoms. The number of phenolic OH excluding ortho intramolecular Hbond substituents is 1. The summed E-state index contributed by atoms with van der Waals surface area (Å²) < 4.78 is 5.68. The minimum absolute atomic E-state index is 0.00255. The van der Waals surface area contributed by atoms with E-state index in [0.29, 0.717) is 14.8 Å². The van der Waals surface area contributed by atoms with Crippen LogP contribution in [-0.2, 0) is 9.59 Å². The number of halogens is 1.